The molecule has 0 aliphatic rings. The van der Waals surface area contributed by atoms with Crippen LogP contribution < -0.4 is 5.73 Å². The Kier molecular flexibility index (Phi) is 6.63. The van der Waals surface area contributed by atoms with Crippen LogP contribution in [0.1, 0.15) is 46.5 Å². The molecule has 0 aromatic carbocycles. The van der Waals surface area contributed by atoms with Crippen LogP contribution in [0.4, 0.5) is 0 Å². The van der Waals surface area contributed by atoms with Crippen LogP contribution in [0.15, 0.2) is 0 Å². The molecule has 0 rings (SSSR count). The summed E-state index contributed by atoms with van der Waals surface area (Å²) < 4.78 is 0. The summed E-state index contributed by atoms with van der Waals surface area (Å²) in [6.07, 6.45) is 5.33. The van der Waals surface area contributed by atoms with Gasteiger partial charge >= 0.3 is 0 Å². The summed E-state index contributed by atoms with van der Waals surface area (Å²) in [4.78, 5) is 0. The van der Waals surface area contributed by atoms with Crippen molar-refractivity contribution in [3.8, 4) is 0 Å². The Bertz CT molecular complexity index is 76.9. The maximum absolute atomic E-state index is 5.54. The van der Waals surface area contributed by atoms with E-state index in [1.54, 1.807) is 0 Å². The predicted octanol–water partition coefficient (Wildman–Crippen LogP) is 2.80. The number of rotatable bonds is 6. The summed E-state index contributed by atoms with van der Waals surface area (Å²) in [7, 11) is 0. The first kappa shape index (κ1) is 11.0. The minimum Gasteiger partial charge on any atom is -0.330 e. The second-order valence-corrected chi connectivity index (χ2v) is 3.60. The fraction of sp³-hybridized carbons (Fsp3) is 1.00. The topological polar surface area (TPSA) is 26.0 Å². The van der Waals surface area contributed by atoms with Gasteiger partial charge in [0.15, 0.2) is 0 Å². The molecule has 0 bridgehead atoms. The van der Waals surface area contributed by atoms with Crippen molar-refractivity contribution in [2.75, 3.05) is 6.54 Å². The van der Waals surface area contributed by atoms with Gasteiger partial charge in [-0.25, -0.2) is 0 Å². The van der Waals surface area contributed by atoms with Gasteiger partial charge in [0.05, 0.1) is 0 Å². The molecule has 0 heterocycles. The zero-order valence-corrected chi connectivity index (χ0v) is 8.27. The second kappa shape index (κ2) is 6.66. The highest BCUT2D eigenvalue weighted by Crippen LogP contribution is 2.17. The molecule has 0 aromatic heterocycles. The molecule has 1 atom stereocenters. The van der Waals surface area contributed by atoms with Crippen molar-refractivity contribution in [1.82, 2.24) is 0 Å². The SMILES string of the molecule is CCC(CC)CC[C@H](C)CN. The van der Waals surface area contributed by atoms with Crippen molar-refractivity contribution in [2.45, 2.75) is 46.5 Å². The Balaban J connectivity index is 3.34. The molecule has 0 amide bonds. The Labute approximate surface area is 71.4 Å². The summed E-state index contributed by atoms with van der Waals surface area (Å²) in [6.45, 7) is 7.64. The predicted molar refractivity (Wildman–Crippen MR) is 51.5 cm³/mol. The smallest absolute Gasteiger partial charge is 0.00515 e. The molecule has 0 saturated carbocycles. The summed E-state index contributed by atoms with van der Waals surface area (Å²) in [5, 5.41) is 0. The fourth-order valence-electron chi connectivity index (χ4n) is 1.33. The molecule has 0 radical (unpaired) electrons. The Hall–Kier alpha value is -0.0400. The fourth-order valence-corrected chi connectivity index (χ4v) is 1.33. The first-order chi connectivity index (χ1) is 5.24. The van der Waals surface area contributed by atoms with Gasteiger partial charge in [0.25, 0.3) is 0 Å². The molecule has 0 spiro atoms. The molecule has 2 N–H and O–H groups in total. The van der Waals surface area contributed by atoms with E-state index in [4.69, 9.17) is 5.73 Å². The second-order valence-electron chi connectivity index (χ2n) is 3.60. The highest BCUT2D eigenvalue weighted by Gasteiger charge is 2.05. The molecular weight excluding hydrogens is 134 g/mol. The highest BCUT2D eigenvalue weighted by atomic mass is 14.5. The third kappa shape index (κ3) is 5.25. The molecular formula is C10H23N. The van der Waals surface area contributed by atoms with E-state index in [0.29, 0.717) is 0 Å². The van der Waals surface area contributed by atoms with Crippen LogP contribution in [-0.2, 0) is 0 Å². The standard InChI is InChI=1S/C10H23N/c1-4-10(5-2)7-6-9(3)8-11/h9-10H,4-8,11H2,1-3H3/t9-/m0/s1. The van der Waals surface area contributed by atoms with Crippen LogP contribution in [0.2, 0.25) is 0 Å². The van der Waals surface area contributed by atoms with E-state index in [2.05, 4.69) is 20.8 Å². The van der Waals surface area contributed by atoms with Crippen LogP contribution in [0.3, 0.4) is 0 Å². The molecule has 0 fully saturated rings. The lowest BCUT2D eigenvalue weighted by molar-refractivity contribution is 0.394. The zero-order chi connectivity index (χ0) is 8.69. The van der Waals surface area contributed by atoms with Gasteiger partial charge in [-0.2, -0.15) is 0 Å². The van der Waals surface area contributed by atoms with E-state index >= 15 is 0 Å². The summed E-state index contributed by atoms with van der Waals surface area (Å²) in [5.41, 5.74) is 5.54. The van der Waals surface area contributed by atoms with Gasteiger partial charge in [0, 0.05) is 0 Å². The van der Waals surface area contributed by atoms with E-state index in [1.807, 2.05) is 0 Å². The van der Waals surface area contributed by atoms with Crippen LogP contribution >= 0.6 is 0 Å². The van der Waals surface area contributed by atoms with Gasteiger partial charge in [-0.15, -0.1) is 0 Å². The van der Waals surface area contributed by atoms with E-state index in [9.17, 15) is 0 Å². The van der Waals surface area contributed by atoms with Crippen LogP contribution in [0.25, 0.3) is 0 Å². The molecule has 0 saturated heterocycles. The average molecular weight is 157 g/mol. The molecule has 0 aromatic rings. The van der Waals surface area contributed by atoms with Crippen molar-refractivity contribution in [3.63, 3.8) is 0 Å². The Morgan fingerprint density at radius 3 is 2.00 bits per heavy atom. The van der Waals surface area contributed by atoms with Gasteiger partial charge in [-0.3, -0.25) is 0 Å². The molecule has 0 aliphatic carbocycles. The lowest BCUT2D eigenvalue weighted by Crippen LogP contribution is -2.12. The first-order valence-electron chi connectivity index (χ1n) is 4.94. The summed E-state index contributed by atoms with van der Waals surface area (Å²) in [6, 6.07) is 0. The van der Waals surface area contributed by atoms with Crippen molar-refractivity contribution in [3.05, 3.63) is 0 Å². The van der Waals surface area contributed by atoms with Gasteiger partial charge in [0.2, 0.25) is 0 Å². The van der Waals surface area contributed by atoms with Crippen molar-refractivity contribution in [2.24, 2.45) is 17.6 Å². The minimum absolute atomic E-state index is 0.718. The number of nitrogens with two attached hydrogens (primary N) is 1. The van der Waals surface area contributed by atoms with E-state index < -0.39 is 0 Å². The van der Waals surface area contributed by atoms with Crippen molar-refractivity contribution in [1.29, 1.82) is 0 Å². The zero-order valence-electron chi connectivity index (χ0n) is 8.27. The lowest BCUT2D eigenvalue weighted by atomic mass is 9.93. The minimum atomic E-state index is 0.718. The van der Waals surface area contributed by atoms with Crippen LogP contribution in [-0.4, -0.2) is 6.54 Å². The number of hydrogen-bond acceptors (Lipinski definition) is 1. The third-order valence-corrected chi connectivity index (χ3v) is 2.62. The first-order valence-corrected chi connectivity index (χ1v) is 4.94. The molecule has 0 aliphatic heterocycles. The normalized spacial score (nSPS) is 13.9. The monoisotopic (exact) mass is 157 g/mol. The van der Waals surface area contributed by atoms with E-state index in [-0.39, 0.29) is 0 Å². The van der Waals surface area contributed by atoms with Crippen LogP contribution in [0.5, 0.6) is 0 Å². The molecule has 1 nitrogen and oxygen atoms in total. The lowest BCUT2D eigenvalue weighted by Gasteiger charge is -2.14. The van der Waals surface area contributed by atoms with Gasteiger partial charge in [-0.1, -0.05) is 40.0 Å². The Morgan fingerprint density at radius 1 is 1.09 bits per heavy atom. The van der Waals surface area contributed by atoms with Crippen LogP contribution in [0, 0.1) is 11.8 Å². The maximum Gasteiger partial charge on any atom is -0.00515 e. The third-order valence-electron chi connectivity index (χ3n) is 2.62. The summed E-state index contributed by atoms with van der Waals surface area (Å²) >= 11 is 0. The van der Waals surface area contributed by atoms with Gasteiger partial charge < -0.3 is 5.73 Å². The largest absolute Gasteiger partial charge is 0.330 e. The molecule has 0 unspecified atom stereocenters. The van der Waals surface area contributed by atoms with Crippen molar-refractivity contribution >= 4 is 0 Å². The maximum atomic E-state index is 5.54. The molecule has 11 heavy (non-hydrogen) atoms. The van der Waals surface area contributed by atoms with E-state index in [0.717, 1.165) is 18.4 Å². The number of hydrogen-bond donors (Lipinski definition) is 1. The molecule has 1 heteroatoms. The summed E-state index contributed by atoms with van der Waals surface area (Å²) in [5.74, 6) is 1.65. The van der Waals surface area contributed by atoms with Crippen molar-refractivity contribution < 1.29 is 0 Å². The van der Waals surface area contributed by atoms with E-state index in [1.165, 1.54) is 25.7 Å². The highest BCUT2D eigenvalue weighted by molar-refractivity contribution is 4.59. The average Bonchev–Trinajstić information content (AvgIpc) is 2.06. The Morgan fingerprint density at radius 2 is 1.64 bits per heavy atom. The van der Waals surface area contributed by atoms with Gasteiger partial charge in [0.1, 0.15) is 0 Å². The quantitative estimate of drug-likeness (QED) is 0.630. The molecule has 68 valence electrons. The van der Waals surface area contributed by atoms with Gasteiger partial charge in [-0.05, 0) is 24.8 Å².